The van der Waals surface area contributed by atoms with Gasteiger partial charge in [-0.1, -0.05) is 34.6 Å². The molecule has 1 aliphatic rings. The second-order valence-electron chi connectivity index (χ2n) is 6.43. The summed E-state index contributed by atoms with van der Waals surface area (Å²) in [6, 6.07) is 0. The van der Waals surface area contributed by atoms with Crippen molar-refractivity contribution in [3.8, 4) is 0 Å². The van der Waals surface area contributed by atoms with Gasteiger partial charge in [-0.25, -0.2) is 0 Å². The molecular weight excluding hydrogens is 200 g/mol. The van der Waals surface area contributed by atoms with E-state index in [1.54, 1.807) is 0 Å². The molecule has 0 aliphatic heterocycles. The van der Waals surface area contributed by atoms with Gasteiger partial charge in [0.2, 0.25) is 0 Å². The largest absolute Gasteiger partial charge is 0.389 e. The van der Waals surface area contributed by atoms with Crippen molar-refractivity contribution in [2.45, 2.75) is 65.9 Å². The first-order chi connectivity index (χ1) is 7.21. The zero-order chi connectivity index (χ0) is 12.6. The maximum absolute atomic E-state index is 11.8. The highest BCUT2D eigenvalue weighted by atomic mass is 16.3. The van der Waals surface area contributed by atoms with Gasteiger partial charge in [0.05, 0.1) is 5.60 Å². The molecule has 1 saturated carbocycles. The quantitative estimate of drug-likeness (QED) is 0.802. The van der Waals surface area contributed by atoms with Gasteiger partial charge in [-0.15, -0.1) is 0 Å². The molecule has 0 spiro atoms. The first kappa shape index (κ1) is 13.7. The molecular formula is C14H26O2. The van der Waals surface area contributed by atoms with E-state index in [1.165, 1.54) is 0 Å². The van der Waals surface area contributed by atoms with Gasteiger partial charge in [0.15, 0.2) is 0 Å². The molecule has 0 aromatic heterocycles. The molecule has 2 atom stereocenters. The van der Waals surface area contributed by atoms with Gasteiger partial charge < -0.3 is 5.11 Å². The average molecular weight is 226 g/mol. The molecule has 2 heteroatoms. The Bertz CT molecular complexity index is 268. The van der Waals surface area contributed by atoms with Crippen LogP contribution in [0.1, 0.15) is 60.3 Å². The smallest absolute Gasteiger partial charge is 0.138 e. The van der Waals surface area contributed by atoms with Crippen LogP contribution in [0.5, 0.6) is 0 Å². The molecule has 1 aliphatic carbocycles. The number of Topliss-reactive ketones (excluding diaryl/α,β-unsaturated/α-hetero) is 1. The zero-order valence-electron chi connectivity index (χ0n) is 11.3. The van der Waals surface area contributed by atoms with E-state index in [0.29, 0.717) is 12.3 Å². The van der Waals surface area contributed by atoms with Gasteiger partial charge in [-0.05, 0) is 30.6 Å². The van der Waals surface area contributed by atoms with Crippen LogP contribution in [0.15, 0.2) is 0 Å². The van der Waals surface area contributed by atoms with Crippen molar-refractivity contribution in [3.05, 3.63) is 0 Å². The summed E-state index contributed by atoms with van der Waals surface area (Å²) >= 11 is 0. The molecule has 0 bridgehead atoms. The SMILES string of the molecule is CC(C)CCC1(O)C(C)C(=O)CCC1(C)C. The first-order valence-corrected chi connectivity index (χ1v) is 6.46. The Kier molecular flexibility index (Phi) is 3.83. The van der Waals surface area contributed by atoms with Gasteiger partial charge >= 0.3 is 0 Å². The number of ketones is 1. The minimum atomic E-state index is -0.813. The van der Waals surface area contributed by atoms with E-state index < -0.39 is 5.60 Å². The summed E-state index contributed by atoms with van der Waals surface area (Å²) in [7, 11) is 0. The molecule has 94 valence electrons. The minimum Gasteiger partial charge on any atom is -0.389 e. The van der Waals surface area contributed by atoms with Crippen molar-refractivity contribution in [2.24, 2.45) is 17.3 Å². The van der Waals surface area contributed by atoms with E-state index >= 15 is 0 Å². The van der Waals surface area contributed by atoms with Crippen molar-refractivity contribution in [1.82, 2.24) is 0 Å². The number of hydrogen-bond acceptors (Lipinski definition) is 2. The highest BCUT2D eigenvalue weighted by Gasteiger charge is 2.52. The van der Waals surface area contributed by atoms with Crippen LogP contribution in [-0.4, -0.2) is 16.5 Å². The highest BCUT2D eigenvalue weighted by molar-refractivity contribution is 5.83. The van der Waals surface area contributed by atoms with Crippen molar-refractivity contribution in [3.63, 3.8) is 0 Å². The van der Waals surface area contributed by atoms with E-state index in [1.807, 2.05) is 6.92 Å². The van der Waals surface area contributed by atoms with Crippen molar-refractivity contribution in [1.29, 1.82) is 0 Å². The van der Waals surface area contributed by atoms with E-state index in [-0.39, 0.29) is 17.1 Å². The fourth-order valence-electron chi connectivity index (χ4n) is 2.78. The standard InChI is InChI=1S/C14H26O2/c1-10(2)6-9-14(16)11(3)12(15)7-8-13(14,4)5/h10-11,16H,6-9H2,1-5H3. The Hall–Kier alpha value is -0.370. The summed E-state index contributed by atoms with van der Waals surface area (Å²) in [5, 5.41) is 10.9. The van der Waals surface area contributed by atoms with Crippen LogP contribution >= 0.6 is 0 Å². The van der Waals surface area contributed by atoms with Crippen LogP contribution in [0.2, 0.25) is 0 Å². The third-order valence-electron chi connectivity index (χ3n) is 4.47. The van der Waals surface area contributed by atoms with E-state index in [2.05, 4.69) is 27.7 Å². The summed E-state index contributed by atoms with van der Waals surface area (Å²) < 4.78 is 0. The first-order valence-electron chi connectivity index (χ1n) is 6.46. The summed E-state index contributed by atoms with van der Waals surface area (Å²) in [6.07, 6.45) is 3.16. The van der Waals surface area contributed by atoms with Crippen molar-refractivity contribution in [2.75, 3.05) is 0 Å². The van der Waals surface area contributed by atoms with Crippen molar-refractivity contribution >= 4 is 5.78 Å². The van der Waals surface area contributed by atoms with Gasteiger partial charge in [0.1, 0.15) is 5.78 Å². The van der Waals surface area contributed by atoms with Crippen LogP contribution in [0.4, 0.5) is 0 Å². The number of rotatable bonds is 3. The Morgan fingerprint density at radius 3 is 2.50 bits per heavy atom. The maximum atomic E-state index is 11.8. The third-order valence-corrected chi connectivity index (χ3v) is 4.47. The monoisotopic (exact) mass is 226 g/mol. The van der Waals surface area contributed by atoms with Crippen LogP contribution in [0, 0.1) is 17.3 Å². The lowest BCUT2D eigenvalue weighted by molar-refractivity contribution is -0.162. The van der Waals surface area contributed by atoms with E-state index in [0.717, 1.165) is 19.3 Å². The number of carbonyl (C=O) groups excluding carboxylic acids is 1. The molecule has 0 saturated heterocycles. The lowest BCUT2D eigenvalue weighted by Gasteiger charge is -2.50. The fraction of sp³-hybridized carbons (Fsp3) is 0.929. The molecule has 1 rings (SSSR count). The van der Waals surface area contributed by atoms with Gasteiger partial charge in [0, 0.05) is 12.3 Å². The molecule has 1 N–H and O–H groups in total. The second-order valence-corrected chi connectivity index (χ2v) is 6.43. The summed E-state index contributed by atoms with van der Waals surface area (Å²) in [5.41, 5.74) is -0.957. The molecule has 1 fully saturated rings. The van der Waals surface area contributed by atoms with Crippen LogP contribution in [-0.2, 0) is 4.79 Å². The van der Waals surface area contributed by atoms with Crippen LogP contribution in [0.25, 0.3) is 0 Å². The topological polar surface area (TPSA) is 37.3 Å². The molecule has 0 aromatic rings. The Morgan fingerprint density at radius 2 is 2.00 bits per heavy atom. The zero-order valence-corrected chi connectivity index (χ0v) is 11.3. The van der Waals surface area contributed by atoms with Gasteiger partial charge in [-0.3, -0.25) is 4.79 Å². The second kappa shape index (κ2) is 4.48. The Labute approximate surface area is 99.4 Å². The normalized spacial score (nSPS) is 34.4. The fourth-order valence-corrected chi connectivity index (χ4v) is 2.78. The summed E-state index contributed by atoms with van der Waals surface area (Å²) in [6.45, 7) is 10.4. The van der Waals surface area contributed by atoms with E-state index in [4.69, 9.17) is 0 Å². The van der Waals surface area contributed by atoms with Crippen molar-refractivity contribution < 1.29 is 9.90 Å². The minimum absolute atomic E-state index is 0.144. The lowest BCUT2D eigenvalue weighted by atomic mass is 9.58. The molecule has 16 heavy (non-hydrogen) atoms. The third kappa shape index (κ3) is 2.32. The molecule has 0 aromatic carbocycles. The molecule has 2 unspecified atom stereocenters. The van der Waals surface area contributed by atoms with Crippen LogP contribution in [0.3, 0.4) is 0 Å². The van der Waals surface area contributed by atoms with Crippen LogP contribution < -0.4 is 0 Å². The maximum Gasteiger partial charge on any atom is 0.138 e. The predicted octanol–water partition coefficient (Wildman–Crippen LogP) is 3.18. The van der Waals surface area contributed by atoms with Gasteiger partial charge in [-0.2, -0.15) is 0 Å². The predicted molar refractivity (Wildman–Crippen MR) is 66.2 cm³/mol. The average Bonchev–Trinajstić information content (AvgIpc) is 2.19. The summed E-state index contributed by atoms with van der Waals surface area (Å²) in [5.74, 6) is 0.588. The Morgan fingerprint density at radius 1 is 1.44 bits per heavy atom. The highest BCUT2D eigenvalue weighted by Crippen LogP contribution is 2.48. The Balaban J connectivity index is 2.88. The number of hydrogen-bond donors (Lipinski definition) is 1. The number of aliphatic hydroxyl groups is 1. The summed E-state index contributed by atoms with van der Waals surface area (Å²) in [4.78, 5) is 11.8. The molecule has 0 amide bonds. The van der Waals surface area contributed by atoms with E-state index in [9.17, 15) is 9.90 Å². The van der Waals surface area contributed by atoms with Gasteiger partial charge in [0.25, 0.3) is 0 Å². The molecule has 0 radical (unpaired) electrons. The lowest BCUT2D eigenvalue weighted by Crippen LogP contribution is -2.55. The molecule has 0 heterocycles. The molecule has 2 nitrogen and oxygen atoms in total. The number of carbonyl (C=O) groups is 1.